The predicted molar refractivity (Wildman–Crippen MR) is 139 cm³/mol. The van der Waals surface area contributed by atoms with Crippen LogP contribution in [0.2, 0.25) is 0 Å². The van der Waals surface area contributed by atoms with Gasteiger partial charge in [-0.05, 0) is 86.2 Å². The van der Waals surface area contributed by atoms with Crippen molar-refractivity contribution in [2.75, 3.05) is 26.2 Å². The van der Waals surface area contributed by atoms with E-state index in [-0.39, 0.29) is 30.8 Å². The third kappa shape index (κ3) is 4.59. The Morgan fingerprint density at radius 2 is 1.84 bits per heavy atom. The average molecular weight is 521 g/mol. The summed E-state index contributed by atoms with van der Waals surface area (Å²) in [7, 11) is 0. The topological polar surface area (TPSA) is 142 Å². The second-order valence-electron chi connectivity index (χ2n) is 11.7. The Balaban J connectivity index is 1.35. The van der Waals surface area contributed by atoms with Gasteiger partial charge in [-0.25, -0.2) is 0 Å². The quantitative estimate of drug-likeness (QED) is 0.334. The molecule has 38 heavy (non-hydrogen) atoms. The van der Waals surface area contributed by atoms with Gasteiger partial charge in [0.15, 0.2) is 5.78 Å². The number of primary amides is 1. The van der Waals surface area contributed by atoms with Crippen LogP contribution in [0.5, 0.6) is 0 Å². The van der Waals surface area contributed by atoms with Gasteiger partial charge >= 0.3 is 0 Å². The van der Waals surface area contributed by atoms with E-state index in [0.717, 1.165) is 63.2 Å². The number of piperidine rings is 1. The van der Waals surface area contributed by atoms with Gasteiger partial charge < -0.3 is 20.3 Å². The van der Waals surface area contributed by atoms with Crippen molar-refractivity contribution >= 4 is 17.6 Å². The first-order valence-electron chi connectivity index (χ1n) is 14.1. The number of hydrogen-bond donors (Lipinski definition) is 1. The zero-order chi connectivity index (χ0) is 26.4. The number of hydrogen-bond acceptors (Lipinski definition) is 6. The maximum atomic E-state index is 14.4. The number of fused-ring (bicyclic) bond motifs is 1. The number of carbonyl (C=O) groups excluding carboxylic acids is 3. The molecule has 10 heteroatoms. The molecule has 0 bridgehead atoms. The molecule has 0 spiro atoms. The number of azide groups is 1. The number of Topliss-reactive ketones (excluding diaryl/α,β-unsaturated/α-hetero) is 1. The van der Waals surface area contributed by atoms with Gasteiger partial charge in [0.05, 0.1) is 18.1 Å². The van der Waals surface area contributed by atoms with E-state index in [2.05, 4.69) is 21.0 Å². The summed E-state index contributed by atoms with van der Waals surface area (Å²) >= 11 is 0. The van der Waals surface area contributed by atoms with Crippen molar-refractivity contribution in [3.8, 4) is 0 Å². The Morgan fingerprint density at radius 3 is 2.50 bits per heavy atom. The van der Waals surface area contributed by atoms with Gasteiger partial charge in [0.25, 0.3) is 0 Å². The molecular formula is C28H36N6O4. The maximum Gasteiger partial charge on any atom is 0.249 e. The maximum absolute atomic E-state index is 14.4. The molecule has 5 aliphatic rings. The van der Waals surface area contributed by atoms with Gasteiger partial charge in [0, 0.05) is 23.1 Å². The standard InChI is InChI=1S/C28H36N6O4/c29-27(36)20-8-5-18(16-9-11-33(12-10-16)19-6-7-19)13-21(20)24(17-3-1-2-4-17)28(37)34-14-22(31-32-30)26-25(34)23(35)15-38-26/h5,8,13,16-17,19,22,24-26H,1-4,6-7,9-12,14-15H2,(H2,29,36)/t22-,24-,25+,26+/m0/s1. The molecule has 10 nitrogen and oxygen atoms in total. The van der Waals surface area contributed by atoms with E-state index < -0.39 is 30.0 Å². The molecule has 0 aromatic heterocycles. The van der Waals surface area contributed by atoms with Crippen LogP contribution in [-0.2, 0) is 14.3 Å². The highest BCUT2D eigenvalue weighted by Gasteiger charge is 2.53. The lowest BCUT2D eigenvalue weighted by atomic mass is 9.78. The molecule has 2 amide bonds. The van der Waals surface area contributed by atoms with Crippen molar-refractivity contribution in [1.29, 1.82) is 0 Å². The van der Waals surface area contributed by atoms with Crippen molar-refractivity contribution < 1.29 is 19.1 Å². The van der Waals surface area contributed by atoms with Gasteiger partial charge in [0.2, 0.25) is 11.8 Å². The molecule has 1 aromatic rings. The lowest BCUT2D eigenvalue weighted by Crippen LogP contribution is -2.45. The zero-order valence-corrected chi connectivity index (χ0v) is 21.7. The van der Waals surface area contributed by atoms with E-state index in [1.165, 1.54) is 12.8 Å². The summed E-state index contributed by atoms with van der Waals surface area (Å²) in [6.07, 6.45) is 7.91. The molecule has 0 radical (unpaired) electrons. The van der Waals surface area contributed by atoms with Crippen LogP contribution in [0, 0.1) is 5.92 Å². The minimum atomic E-state index is -0.756. The Bertz CT molecular complexity index is 1160. The number of nitrogens with zero attached hydrogens (tertiary/aromatic N) is 5. The second-order valence-corrected chi connectivity index (χ2v) is 11.7. The van der Waals surface area contributed by atoms with Crippen LogP contribution in [0.3, 0.4) is 0 Å². The number of carbonyl (C=O) groups is 3. The summed E-state index contributed by atoms with van der Waals surface area (Å²) in [5, 5.41) is 3.84. The number of amides is 2. The van der Waals surface area contributed by atoms with Crippen LogP contribution in [-0.4, -0.2) is 77.9 Å². The van der Waals surface area contributed by atoms with Gasteiger partial charge in [-0.1, -0.05) is 30.1 Å². The minimum absolute atomic E-state index is 0.0574. The van der Waals surface area contributed by atoms with E-state index >= 15 is 0 Å². The first-order valence-corrected chi connectivity index (χ1v) is 14.1. The molecule has 2 N–H and O–H groups in total. The van der Waals surface area contributed by atoms with Crippen molar-refractivity contribution in [3.05, 3.63) is 45.3 Å². The number of ether oxygens (including phenoxy) is 1. The van der Waals surface area contributed by atoms with E-state index in [9.17, 15) is 14.4 Å². The van der Waals surface area contributed by atoms with E-state index in [1.54, 1.807) is 11.0 Å². The SMILES string of the molecule is [N-]=[N+]=N[C@H]1CN(C(=O)[C@H](c2cc(C3CCN(C4CC4)CC3)ccc2C(N)=O)C2CCCC2)[C@@H]2C(=O)CO[C@H]12. The van der Waals surface area contributed by atoms with Gasteiger partial charge in [-0.15, -0.1) is 0 Å². The van der Waals surface area contributed by atoms with Crippen molar-refractivity contribution in [3.63, 3.8) is 0 Å². The molecule has 3 heterocycles. The molecule has 0 unspecified atom stereocenters. The van der Waals surface area contributed by atoms with Gasteiger partial charge in [-0.3, -0.25) is 14.4 Å². The van der Waals surface area contributed by atoms with Gasteiger partial charge in [-0.2, -0.15) is 0 Å². The molecule has 3 saturated heterocycles. The molecule has 2 saturated carbocycles. The summed E-state index contributed by atoms with van der Waals surface area (Å²) in [4.78, 5) is 46.9. The summed E-state index contributed by atoms with van der Waals surface area (Å²) in [6, 6.07) is 5.26. The number of likely N-dealkylation sites (tertiary alicyclic amines) is 2. The second kappa shape index (κ2) is 10.3. The number of benzene rings is 1. The molecule has 1 aromatic carbocycles. The molecule has 202 valence electrons. The Labute approximate surface area is 222 Å². The van der Waals surface area contributed by atoms with E-state index in [4.69, 9.17) is 16.0 Å². The lowest BCUT2D eigenvalue weighted by molar-refractivity contribution is -0.138. The number of nitrogens with two attached hydrogens (primary N) is 1. The normalized spacial score (nSPS) is 29.3. The molecule has 4 atom stereocenters. The van der Waals surface area contributed by atoms with Crippen LogP contribution < -0.4 is 5.73 Å². The van der Waals surface area contributed by atoms with Crippen LogP contribution in [0.1, 0.15) is 84.7 Å². The van der Waals surface area contributed by atoms with E-state index in [0.29, 0.717) is 17.0 Å². The smallest absolute Gasteiger partial charge is 0.249 e. The number of rotatable bonds is 7. The fourth-order valence-corrected chi connectivity index (χ4v) is 7.44. The molecule has 2 aliphatic carbocycles. The van der Waals surface area contributed by atoms with Crippen LogP contribution >= 0.6 is 0 Å². The number of ketones is 1. The molecular weight excluding hydrogens is 484 g/mol. The predicted octanol–water partition coefficient (Wildman–Crippen LogP) is 3.26. The van der Waals surface area contributed by atoms with Crippen LogP contribution in [0.25, 0.3) is 10.4 Å². The summed E-state index contributed by atoms with van der Waals surface area (Å²) < 4.78 is 5.65. The van der Waals surface area contributed by atoms with Crippen LogP contribution in [0.15, 0.2) is 23.3 Å². The van der Waals surface area contributed by atoms with Crippen molar-refractivity contribution in [1.82, 2.24) is 9.80 Å². The Morgan fingerprint density at radius 1 is 1.11 bits per heavy atom. The Hall–Kier alpha value is -2.94. The average Bonchev–Trinajstić information content (AvgIpc) is 3.31. The first-order chi connectivity index (χ1) is 18.5. The van der Waals surface area contributed by atoms with Crippen molar-refractivity contribution in [2.45, 2.75) is 87.4 Å². The third-order valence-corrected chi connectivity index (χ3v) is 9.52. The highest BCUT2D eigenvalue weighted by molar-refractivity contribution is 5.99. The highest BCUT2D eigenvalue weighted by Crippen LogP contribution is 2.43. The van der Waals surface area contributed by atoms with Gasteiger partial charge in [0.1, 0.15) is 12.6 Å². The largest absolute Gasteiger partial charge is 0.367 e. The summed E-state index contributed by atoms with van der Waals surface area (Å²) in [5.41, 5.74) is 17.1. The monoisotopic (exact) mass is 520 g/mol. The van der Waals surface area contributed by atoms with Crippen molar-refractivity contribution in [2.24, 2.45) is 16.8 Å². The lowest BCUT2D eigenvalue weighted by Gasteiger charge is -2.34. The minimum Gasteiger partial charge on any atom is -0.367 e. The van der Waals surface area contributed by atoms with Crippen LogP contribution in [0.4, 0.5) is 0 Å². The summed E-state index contributed by atoms with van der Waals surface area (Å²) in [5.74, 6) is -1.05. The van der Waals surface area contributed by atoms with E-state index in [1.807, 2.05) is 6.07 Å². The fraction of sp³-hybridized carbons (Fsp3) is 0.679. The first kappa shape index (κ1) is 25.3. The molecule has 5 fully saturated rings. The third-order valence-electron chi connectivity index (χ3n) is 9.52. The molecule has 6 rings (SSSR count). The summed E-state index contributed by atoms with van der Waals surface area (Å²) in [6.45, 7) is 2.20. The fourth-order valence-electron chi connectivity index (χ4n) is 7.44. The molecule has 3 aliphatic heterocycles. The Kier molecular flexibility index (Phi) is 6.88. The zero-order valence-electron chi connectivity index (χ0n) is 21.7. The highest BCUT2D eigenvalue weighted by atomic mass is 16.5.